The van der Waals surface area contributed by atoms with Crippen LogP contribution in [0.3, 0.4) is 0 Å². The quantitative estimate of drug-likeness (QED) is 0.706. The van der Waals surface area contributed by atoms with Crippen LogP contribution in [-0.2, 0) is 11.3 Å². The van der Waals surface area contributed by atoms with E-state index in [1.807, 2.05) is 13.8 Å². The smallest absolute Gasteiger partial charge is 0.220 e. The first-order valence-corrected chi connectivity index (χ1v) is 6.76. The molecule has 4 heteroatoms. The normalized spacial score (nSPS) is 10.5. The van der Waals surface area contributed by atoms with Crippen molar-refractivity contribution in [1.29, 1.82) is 0 Å². The van der Waals surface area contributed by atoms with Gasteiger partial charge in [-0.2, -0.15) is 0 Å². The second kappa shape index (κ2) is 7.79. The molecule has 19 heavy (non-hydrogen) atoms. The Bertz CT molecular complexity index is 407. The molecule has 1 amide bonds. The maximum atomic E-state index is 10.7. The Balaban J connectivity index is 2.65. The number of carbonyl (C=O) groups excluding carboxylic acids is 1. The minimum atomic E-state index is -0.337. The molecule has 0 aliphatic heterocycles. The number of rotatable bonds is 8. The van der Waals surface area contributed by atoms with Crippen molar-refractivity contribution < 1.29 is 9.53 Å². The van der Waals surface area contributed by atoms with E-state index in [1.165, 1.54) is 5.56 Å². The van der Waals surface area contributed by atoms with Crippen LogP contribution in [0.1, 0.15) is 36.5 Å². The number of benzene rings is 1. The Morgan fingerprint density at radius 1 is 1.32 bits per heavy atom. The molecule has 106 valence electrons. The minimum absolute atomic E-state index is 0.249. The predicted octanol–water partition coefficient (Wildman–Crippen LogP) is 2.06. The van der Waals surface area contributed by atoms with E-state index >= 15 is 0 Å². The summed E-state index contributed by atoms with van der Waals surface area (Å²) in [4.78, 5) is 10.7. The molecule has 4 nitrogen and oxygen atoms in total. The number of aryl methyl sites for hydroxylation is 2. The second-order valence-corrected chi connectivity index (χ2v) is 4.80. The molecule has 0 fully saturated rings. The van der Waals surface area contributed by atoms with Gasteiger partial charge in [0, 0.05) is 6.54 Å². The van der Waals surface area contributed by atoms with E-state index in [-0.39, 0.29) is 12.3 Å². The molecule has 1 rings (SSSR count). The molecule has 0 saturated carbocycles. The van der Waals surface area contributed by atoms with Crippen LogP contribution in [-0.4, -0.2) is 19.1 Å². The Morgan fingerprint density at radius 3 is 2.47 bits per heavy atom. The molecule has 0 saturated heterocycles. The van der Waals surface area contributed by atoms with Crippen molar-refractivity contribution in [2.75, 3.05) is 13.2 Å². The Morgan fingerprint density at radius 2 is 1.95 bits per heavy atom. The summed E-state index contributed by atoms with van der Waals surface area (Å²) in [7, 11) is 0. The average molecular weight is 264 g/mol. The van der Waals surface area contributed by atoms with Crippen LogP contribution in [0.25, 0.3) is 0 Å². The lowest BCUT2D eigenvalue weighted by Crippen LogP contribution is -2.16. The van der Waals surface area contributed by atoms with E-state index in [0.29, 0.717) is 6.61 Å². The molecule has 0 heterocycles. The number of hydrogen-bond acceptors (Lipinski definition) is 3. The highest BCUT2D eigenvalue weighted by atomic mass is 16.5. The SMILES string of the molecule is CCCNCc1cc(C)c(OCCC(N)=O)c(C)c1. The van der Waals surface area contributed by atoms with Crippen LogP contribution < -0.4 is 15.8 Å². The van der Waals surface area contributed by atoms with Crippen LogP contribution in [0.5, 0.6) is 5.75 Å². The van der Waals surface area contributed by atoms with Crippen molar-refractivity contribution in [3.63, 3.8) is 0 Å². The number of carbonyl (C=O) groups is 1. The zero-order valence-electron chi connectivity index (χ0n) is 12.1. The van der Waals surface area contributed by atoms with Crippen LogP contribution in [0, 0.1) is 13.8 Å². The number of ether oxygens (including phenoxy) is 1. The van der Waals surface area contributed by atoms with Crippen molar-refractivity contribution in [2.45, 2.75) is 40.2 Å². The molecule has 1 aromatic rings. The van der Waals surface area contributed by atoms with Gasteiger partial charge in [-0.05, 0) is 43.5 Å². The number of hydrogen-bond donors (Lipinski definition) is 2. The van der Waals surface area contributed by atoms with Crippen molar-refractivity contribution in [3.8, 4) is 5.75 Å². The number of primary amides is 1. The zero-order chi connectivity index (χ0) is 14.3. The first kappa shape index (κ1) is 15.5. The average Bonchev–Trinajstić information content (AvgIpc) is 2.32. The number of amides is 1. The van der Waals surface area contributed by atoms with Gasteiger partial charge < -0.3 is 15.8 Å². The van der Waals surface area contributed by atoms with Crippen molar-refractivity contribution >= 4 is 5.91 Å². The first-order chi connectivity index (χ1) is 9.04. The summed E-state index contributed by atoms with van der Waals surface area (Å²) in [5.41, 5.74) is 8.54. The molecular weight excluding hydrogens is 240 g/mol. The molecule has 0 radical (unpaired) electrons. The Kier molecular flexibility index (Phi) is 6.36. The van der Waals surface area contributed by atoms with E-state index in [1.54, 1.807) is 0 Å². The molecule has 0 spiro atoms. The molecule has 3 N–H and O–H groups in total. The van der Waals surface area contributed by atoms with Gasteiger partial charge in [0.1, 0.15) is 5.75 Å². The second-order valence-electron chi connectivity index (χ2n) is 4.80. The maximum Gasteiger partial charge on any atom is 0.220 e. The molecule has 1 aromatic carbocycles. The topological polar surface area (TPSA) is 64.3 Å². The summed E-state index contributed by atoms with van der Waals surface area (Å²) in [5, 5.41) is 3.38. The highest BCUT2D eigenvalue weighted by molar-refractivity contribution is 5.73. The monoisotopic (exact) mass is 264 g/mol. The third kappa shape index (κ3) is 5.30. The van der Waals surface area contributed by atoms with E-state index < -0.39 is 0 Å². The number of nitrogens with one attached hydrogen (secondary N) is 1. The van der Waals surface area contributed by atoms with Gasteiger partial charge in [0.25, 0.3) is 0 Å². The molecule has 0 aromatic heterocycles. The summed E-state index contributed by atoms with van der Waals surface area (Å²) in [6.45, 7) is 8.43. The standard InChI is InChI=1S/C15H24N2O2/c1-4-6-17-10-13-8-11(2)15(12(3)9-13)19-7-5-14(16)18/h8-9,17H,4-7,10H2,1-3H3,(H2,16,18). The van der Waals surface area contributed by atoms with Gasteiger partial charge in [0.05, 0.1) is 13.0 Å². The van der Waals surface area contributed by atoms with Gasteiger partial charge >= 0.3 is 0 Å². The van der Waals surface area contributed by atoms with E-state index in [0.717, 1.165) is 36.4 Å². The van der Waals surface area contributed by atoms with E-state index in [2.05, 4.69) is 24.4 Å². The van der Waals surface area contributed by atoms with Gasteiger partial charge in [-0.1, -0.05) is 19.1 Å². The van der Waals surface area contributed by atoms with Crippen molar-refractivity contribution in [1.82, 2.24) is 5.32 Å². The molecular formula is C15H24N2O2. The fraction of sp³-hybridized carbons (Fsp3) is 0.533. The van der Waals surface area contributed by atoms with Gasteiger partial charge in [0.2, 0.25) is 5.91 Å². The first-order valence-electron chi connectivity index (χ1n) is 6.76. The summed E-state index contributed by atoms with van der Waals surface area (Å²) < 4.78 is 5.64. The summed E-state index contributed by atoms with van der Waals surface area (Å²) in [6.07, 6.45) is 1.38. The molecule has 0 atom stereocenters. The molecule has 0 aliphatic carbocycles. The Hall–Kier alpha value is -1.55. The lowest BCUT2D eigenvalue weighted by molar-refractivity contribution is -0.118. The molecule has 0 aliphatic rings. The highest BCUT2D eigenvalue weighted by Crippen LogP contribution is 2.25. The van der Waals surface area contributed by atoms with Crippen LogP contribution in [0.2, 0.25) is 0 Å². The van der Waals surface area contributed by atoms with Gasteiger partial charge in [-0.25, -0.2) is 0 Å². The van der Waals surface area contributed by atoms with Gasteiger partial charge in [-0.15, -0.1) is 0 Å². The van der Waals surface area contributed by atoms with Crippen LogP contribution in [0.15, 0.2) is 12.1 Å². The van der Waals surface area contributed by atoms with Crippen LogP contribution >= 0.6 is 0 Å². The largest absolute Gasteiger partial charge is 0.493 e. The van der Waals surface area contributed by atoms with Crippen molar-refractivity contribution in [3.05, 3.63) is 28.8 Å². The third-order valence-corrected chi connectivity index (χ3v) is 2.87. The summed E-state index contributed by atoms with van der Waals surface area (Å²) in [6, 6.07) is 4.24. The predicted molar refractivity (Wildman–Crippen MR) is 77.2 cm³/mol. The summed E-state index contributed by atoms with van der Waals surface area (Å²) in [5.74, 6) is 0.524. The van der Waals surface area contributed by atoms with Crippen molar-refractivity contribution in [2.24, 2.45) is 5.73 Å². The zero-order valence-corrected chi connectivity index (χ0v) is 12.1. The van der Waals surface area contributed by atoms with Gasteiger partial charge in [0.15, 0.2) is 0 Å². The highest BCUT2D eigenvalue weighted by Gasteiger charge is 2.07. The Labute approximate surface area is 115 Å². The molecule has 0 bridgehead atoms. The molecule has 0 unspecified atom stereocenters. The lowest BCUT2D eigenvalue weighted by Gasteiger charge is -2.14. The van der Waals surface area contributed by atoms with E-state index in [4.69, 9.17) is 10.5 Å². The fourth-order valence-corrected chi connectivity index (χ4v) is 2.03. The number of nitrogens with two attached hydrogens (primary N) is 1. The third-order valence-electron chi connectivity index (χ3n) is 2.87. The lowest BCUT2D eigenvalue weighted by atomic mass is 10.1. The maximum absolute atomic E-state index is 10.7. The van der Waals surface area contributed by atoms with Crippen LogP contribution in [0.4, 0.5) is 0 Å². The van der Waals surface area contributed by atoms with Gasteiger partial charge in [-0.3, -0.25) is 4.79 Å². The summed E-state index contributed by atoms with van der Waals surface area (Å²) >= 11 is 0. The minimum Gasteiger partial charge on any atom is -0.493 e. The fourth-order valence-electron chi connectivity index (χ4n) is 2.03. The van der Waals surface area contributed by atoms with E-state index in [9.17, 15) is 4.79 Å².